The van der Waals surface area contributed by atoms with E-state index in [0.29, 0.717) is 201 Å². The van der Waals surface area contributed by atoms with Crippen molar-refractivity contribution in [2.24, 2.45) is 71.0 Å². The summed E-state index contributed by atoms with van der Waals surface area (Å²) in [7, 11) is 0. The number of aromatic amines is 2. The number of carbonyl (C=O) groups is 2. The Labute approximate surface area is 745 Å². The molecule has 6 atom stereocenters. The van der Waals surface area contributed by atoms with Crippen molar-refractivity contribution in [1.29, 1.82) is 0 Å². The van der Waals surface area contributed by atoms with Gasteiger partial charge in [-0.15, -0.1) is 0 Å². The van der Waals surface area contributed by atoms with E-state index in [4.69, 9.17) is 38.4 Å². The number of hydrogen-bond donors (Lipinski definition) is 4. The molecule has 14 nitrogen and oxygen atoms in total. The van der Waals surface area contributed by atoms with Crippen LogP contribution >= 0.6 is 0 Å². The minimum atomic E-state index is -1.02. The molecule has 0 amide bonds. The fourth-order valence-corrected chi connectivity index (χ4v) is 16.2. The van der Waals surface area contributed by atoms with Gasteiger partial charge in [0.1, 0.15) is 0 Å². The fraction of sp³-hybridized carbons (Fsp3) is 0.545. The maximum absolute atomic E-state index is 12.3. The van der Waals surface area contributed by atoms with Crippen molar-refractivity contribution < 1.29 is 48.2 Å². The Kier molecular flexibility index (Phi) is 39.9. The summed E-state index contributed by atoms with van der Waals surface area (Å²) in [5.74, 6) is 22.1. The van der Waals surface area contributed by atoms with Crippen molar-refractivity contribution in [3.63, 3.8) is 0 Å². The molecule has 8 bridgehead atoms. The number of hydrogen-bond acceptors (Lipinski definition) is 10. The minimum Gasteiger partial charge on any atom is -0.490 e. The van der Waals surface area contributed by atoms with Gasteiger partial charge in [-0.1, -0.05) is 264 Å². The molecule has 0 spiro atoms. The number of carboxylic acid groups (broad SMARTS) is 2. The van der Waals surface area contributed by atoms with E-state index in [2.05, 4.69) is 195 Å². The third-order valence-corrected chi connectivity index (χ3v) is 24.4. The van der Waals surface area contributed by atoms with E-state index in [1.807, 2.05) is 36.4 Å². The van der Waals surface area contributed by atoms with Crippen molar-refractivity contribution in [3.8, 4) is 80.4 Å². The molecule has 6 unspecified atom stereocenters. The molecule has 5 heterocycles. The number of rotatable bonds is 52. The van der Waals surface area contributed by atoms with Crippen LogP contribution in [0.15, 0.2) is 97.1 Å². The summed E-state index contributed by atoms with van der Waals surface area (Å²) < 4.78 is 42.9. The van der Waals surface area contributed by atoms with Gasteiger partial charge in [-0.2, -0.15) is 0 Å². The van der Waals surface area contributed by atoms with Crippen LogP contribution < -0.4 is 28.4 Å². The monoisotopic (exact) mass is 1690 g/mol. The first-order chi connectivity index (χ1) is 59.5. The largest absolute Gasteiger partial charge is 0.490 e. The number of aromatic nitrogens is 4. The molecule has 2 aliphatic heterocycles. The average molecular weight is 1690 g/mol. The maximum atomic E-state index is 12.3. The summed E-state index contributed by atoms with van der Waals surface area (Å²) in [6.45, 7) is 44.4. The second-order valence-corrected chi connectivity index (χ2v) is 38.8. The van der Waals surface area contributed by atoms with E-state index in [0.717, 1.165) is 136 Å². The highest BCUT2D eigenvalue weighted by Gasteiger charge is 2.26. The van der Waals surface area contributed by atoms with Gasteiger partial charge in [-0.3, -0.25) is 0 Å². The highest BCUT2D eigenvalue weighted by atomic mass is 16.5. The average Bonchev–Trinajstić information content (AvgIpc) is 1.58. The molecular weight excluding hydrogens is 1540 g/mol. The van der Waals surface area contributed by atoms with Crippen LogP contribution in [0.1, 0.15) is 344 Å². The van der Waals surface area contributed by atoms with Crippen LogP contribution in [-0.4, -0.2) is 81.7 Å². The Morgan fingerprint density at radius 1 is 0.298 bits per heavy atom. The Bertz CT molecular complexity index is 4490. The number of aromatic carboxylic acids is 2. The molecule has 0 radical (unpaired) electrons. The molecule has 7 aromatic rings. The lowest BCUT2D eigenvalue weighted by atomic mass is 9.97. The third kappa shape index (κ3) is 32.1. The fourth-order valence-electron chi connectivity index (χ4n) is 16.2. The zero-order valence-electron chi connectivity index (χ0n) is 78.7. The van der Waals surface area contributed by atoms with Gasteiger partial charge in [0, 0.05) is 33.3 Å². The van der Waals surface area contributed by atoms with Crippen LogP contribution in [0, 0.1) is 94.7 Å². The molecule has 9 rings (SSSR count). The van der Waals surface area contributed by atoms with E-state index in [1.54, 1.807) is 48.5 Å². The quantitative estimate of drug-likeness (QED) is 0.0265. The van der Waals surface area contributed by atoms with Gasteiger partial charge >= 0.3 is 11.9 Å². The second-order valence-electron chi connectivity index (χ2n) is 38.8. The molecule has 4 N–H and O–H groups in total. The van der Waals surface area contributed by atoms with Crippen LogP contribution in [-0.2, 0) is 0 Å². The summed E-state index contributed by atoms with van der Waals surface area (Å²) in [5.41, 5.74) is 11.1. The topological polar surface area (TPSA) is 187 Å². The van der Waals surface area contributed by atoms with Crippen LogP contribution in [0.25, 0.3) is 68.6 Å². The molecule has 3 aromatic heterocycles. The molecule has 670 valence electrons. The first kappa shape index (κ1) is 98.1. The van der Waals surface area contributed by atoms with Crippen LogP contribution in [0.4, 0.5) is 0 Å². The van der Waals surface area contributed by atoms with Crippen molar-refractivity contribution in [2.45, 2.75) is 279 Å². The summed E-state index contributed by atoms with van der Waals surface area (Å²) in [5, 5.41) is 20.1. The van der Waals surface area contributed by atoms with Crippen molar-refractivity contribution in [1.82, 2.24) is 19.9 Å². The van der Waals surface area contributed by atoms with E-state index in [9.17, 15) is 19.8 Å². The molecular formula is C110H150N4O10. The predicted octanol–water partition coefficient (Wildman–Crippen LogP) is 29.6. The molecule has 4 aromatic carbocycles. The van der Waals surface area contributed by atoms with Gasteiger partial charge in [-0.25, -0.2) is 19.6 Å². The lowest BCUT2D eigenvalue weighted by molar-refractivity contribution is 0.0686. The van der Waals surface area contributed by atoms with Crippen molar-refractivity contribution in [3.05, 3.63) is 153 Å². The van der Waals surface area contributed by atoms with Crippen LogP contribution in [0.2, 0.25) is 0 Å². The highest BCUT2D eigenvalue weighted by molar-refractivity contribution is 5.97. The van der Waals surface area contributed by atoms with Gasteiger partial charge in [0.25, 0.3) is 0 Å². The number of fused-ring (bicyclic) bond motifs is 8. The molecule has 0 saturated heterocycles. The third-order valence-electron chi connectivity index (χ3n) is 24.4. The predicted molar refractivity (Wildman–Crippen MR) is 516 cm³/mol. The van der Waals surface area contributed by atoms with Crippen molar-refractivity contribution in [2.75, 3.05) is 39.6 Å². The summed E-state index contributed by atoms with van der Waals surface area (Å²) in [6.07, 6.45) is 34.1. The van der Waals surface area contributed by atoms with E-state index in [1.165, 1.54) is 51.4 Å². The van der Waals surface area contributed by atoms with Crippen LogP contribution in [0.3, 0.4) is 0 Å². The lowest BCUT2D eigenvalue weighted by Crippen LogP contribution is -2.11. The normalized spacial score (nSPS) is 13.4. The standard InChI is InChI=1S/C110H150N4O10/c1-73(2)25-19-31-79(13)57-63-119-101-69-89(70-102(120-64-58-80(14)32-20-26-74(3)4)107(101)123-67-61-83(17)35-23-29-77(9)10)105-97-53-49-93(111-97)91(47-41-85-37-43-87(44-38-85)109(115)116)95-51-55-99(113-95)106(100-56-52-96(114-100)92(94-50-54-98(105)112-94)48-42-86-39-45-88(46-40-86)110(117)118)90-71-103(121-65-59-81(15)33-21-27-75(5)6)108(124-68-62-84(18)36-24-30-78(11)12)104(72-90)122-66-60-82(16)34-22-28-76(7)8/h37-40,43-46,49-56,69-84,111,114H,19-36,57-68H2,1-18H3,(H,115,116)(H,117,118). The number of H-pyrrole nitrogens is 2. The Balaban J connectivity index is 1.35. The van der Waals surface area contributed by atoms with E-state index >= 15 is 0 Å². The first-order valence-electron chi connectivity index (χ1n) is 47.5. The maximum Gasteiger partial charge on any atom is 0.335 e. The highest BCUT2D eigenvalue weighted by Crippen LogP contribution is 2.47. The summed E-state index contributed by atoms with van der Waals surface area (Å²) in [6, 6.07) is 30.0. The Morgan fingerprint density at radius 2 is 0.540 bits per heavy atom. The number of nitrogens with zero attached hydrogens (tertiary/aromatic N) is 2. The zero-order chi connectivity index (χ0) is 89.2. The molecule has 14 heteroatoms. The minimum absolute atomic E-state index is 0.162. The molecule has 2 aliphatic rings. The Morgan fingerprint density at radius 3 is 0.790 bits per heavy atom. The van der Waals surface area contributed by atoms with Crippen LogP contribution in [0.5, 0.6) is 34.5 Å². The van der Waals surface area contributed by atoms with Gasteiger partial charge in [0.15, 0.2) is 23.0 Å². The number of carboxylic acids is 2. The molecule has 124 heavy (non-hydrogen) atoms. The number of nitrogens with one attached hydrogen (secondary N) is 2. The van der Waals surface area contributed by atoms with Gasteiger partial charge in [-0.05, 0) is 242 Å². The zero-order valence-corrected chi connectivity index (χ0v) is 78.7. The summed E-state index contributed by atoms with van der Waals surface area (Å²) >= 11 is 0. The van der Waals surface area contributed by atoms with Crippen molar-refractivity contribution >= 4 is 58.3 Å². The number of benzene rings is 4. The SMILES string of the molecule is CC(C)CCCC(C)CCOc1cc(-c2c3nc(c(C#Cc4ccc(C(=O)O)cc4)c4ccc([nH]4)c(-c4cc(OCCC(C)CCCC(C)C)c(OCCC(C)CCCC(C)C)c(OCCC(C)CCCC(C)C)c4)c4nc(c(C#Cc5ccc(C(=O)O)cc5)c5ccc2[nH]5)C=C4)C=C3)cc(OCCC(C)CCCC(C)C)c1OCCC(C)CCCC(C)C. The second kappa shape index (κ2) is 50.5. The lowest BCUT2D eigenvalue weighted by Gasteiger charge is -2.21. The number of ether oxygens (including phenoxy) is 6. The van der Waals surface area contributed by atoms with Gasteiger partial charge in [0.05, 0.1) is 95.7 Å². The summed E-state index contributed by atoms with van der Waals surface area (Å²) in [4.78, 5) is 43.8. The van der Waals surface area contributed by atoms with Gasteiger partial charge in [0.2, 0.25) is 11.5 Å². The molecule has 0 saturated carbocycles. The van der Waals surface area contributed by atoms with E-state index in [-0.39, 0.29) is 11.1 Å². The smallest absolute Gasteiger partial charge is 0.335 e. The molecule has 0 aliphatic carbocycles. The Hall–Kier alpha value is -9.66. The first-order valence-corrected chi connectivity index (χ1v) is 47.5. The molecule has 0 fully saturated rings. The van der Waals surface area contributed by atoms with E-state index < -0.39 is 11.9 Å². The van der Waals surface area contributed by atoms with Gasteiger partial charge < -0.3 is 48.6 Å².